The predicted octanol–water partition coefficient (Wildman–Crippen LogP) is 0.300. The van der Waals surface area contributed by atoms with Gasteiger partial charge < -0.3 is 9.88 Å². The number of aromatic nitrogens is 2. The minimum Gasteiger partial charge on any atom is -0.318 e. The lowest BCUT2D eigenvalue weighted by molar-refractivity contribution is 0.556. The van der Waals surface area contributed by atoms with Gasteiger partial charge in [-0.2, -0.15) is 0 Å². The van der Waals surface area contributed by atoms with Crippen LogP contribution in [0.2, 0.25) is 0 Å². The van der Waals surface area contributed by atoms with Gasteiger partial charge in [-0.3, -0.25) is 0 Å². The molecule has 0 amide bonds. The summed E-state index contributed by atoms with van der Waals surface area (Å²) in [5, 5.41) is 3.40. The molecule has 84 valence electrons. The van der Waals surface area contributed by atoms with Crippen molar-refractivity contribution in [2.75, 3.05) is 5.75 Å². The number of hydrogen-bond donors (Lipinski definition) is 1. The third-order valence-corrected chi connectivity index (χ3v) is 4.31. The van der Waals surface area contributed by atoms with Gasteiger partial charge in [0.05, 0.1) is 17.1 Å². The van der Waals surface area contributed by atoms with Crippen LogP contribution < -0.4 is 5.32 Å². The summed E-state index contributed by atoms with van der Waals surface area (Å²) in [5.74, 6) is 0.107. The third kappa shape index (κ3) is 1.57. The smallest absolute Gasteiger partial charge is 0.228 e. The average molecular weight is 229 g/mol. The fourth-order valence-electron chi connectivity index (χ4n) is 1.84. The number of nitrogens with one attached hydrogen (secondary N) is 1. The fourth-order valence-corrected chi connectivity index (χ4v) is 2.93. The summed E-state index contributed by atoms with van der Waals surface area (Å²) in [6, 6.07) is 0. The van der Waals surface area contributed by atoms with Crippen LogP contribution in [-0.4, -0.2) is 23.7 Å². The maximum absolute atomic E-state index is 11.8. The molecule has 0 spiro atoms. The Hall–Kier alpha value is -0.880. The molecule has 6 heteroatoms. The lowest BCUT2D eigenvalue weighted by atomic mass is 10.4. The zero-order valence-corrected chi connectivity index (χ0v) is 9.76. The van der Waals surface area contributed by atoms with Crippen molar-refractivity contribution >= 4 is 9.84 Å². The van der Waals surface area contributed by atoms with E-state index in [-0.39, 0.29) is 10.9 Å². The van der Waals surface area contributed by atoms with E-state index in [1.165, 1.54) is 0 Å². The molecule has 2 rings (SSSR count). The quantitative estimate of drug-likeness (QED) is 0.809. The van der Waals surface area contributed by atoms with E-state index in [0.717, 1.165) is 17.9 Å². The molecule has 1 aliphatic rings. The van der Waals surface area contributed by atoms with Crippen molar-refractivity contribution in [1.82, 2.24) is 14.9 Å². The molecule has 0 atom stereocenters. The Kier molecular flexibility index (Phi) is 2.56. The molecular formula is C9H15N3O2S. The molecule has 0 aliphatic carbocycles. The number of sulfone groups is 1. The highest BCUT2D eigenvalue weighted by atomic mass is 32.2. The van der Waals surface area contributed by atoms with E-state index in [1.807, 2.05) is 6.92 Å². The van der Waals surface area contributed by atoms with Crippen LogP contribution in [0.1, 0.15) is 25.2 Å². The van der Waals surface area contributed by atoms with Crippen LogP contribution in [-0.2, 0) is 29.5 Å². The summed E-state index contributed by atoms with van der Waals surface area (Å²) in [6.45, 7) is 5.63. The second-order valence-electron chi connectivity index (χ2n) is 3.54. The lowest BCUT2D eigenvalue weighted by Crippen LogP contribution is -2.15. The van der Waals surface area contributed by atoms with Crippen molar-refractivity contribution in [3.05, 3.63) is 11.4 Å². The van der Waals surface area contributed by atoms with Gasteiger partial charge in [0.25, 0.3) is 0 Å². The molecule has 0 unspecified atom stereocenters. The van der Waals surface area contributed by atoms with Crippen molar-refractivity contribution in [1.29, 1.82) is 0 Å². The lowest BCUT2D eigenvalue weighted by Gasteiger charge is -2.07. The number of imidazole rings is 1. The molecular weight excluding hydrogens is 214 g/mol. The van der Waals surface area contributed by atoms with E-state index in [1.54, 1.807) is 11.5 Å². The van der Waals surface area contributed by atoms with Gasteiger partial charge >= 0.3 is 0 Å². The molecule has 1 N–H and O–H groups in total. The zero-order valence-electron chi connectivity index (χ0n) is 8.95. The van der Waals surface area contributed by atoms with Crippen LogP contribution >= 0.6 is 0 Å². The number of hydrogen-bond acceptors (Lipinski definition) is 4. The maximum atomic E-state index is 11.8. The highest BCUT2D eigenvalue weighted by molar-refractivity contribution is 7.91. The van der Waals surface area contributed by atoms with Gasteiger partial charge in [0, 0.05) is 19.6 Å². The minimum atomic E-state index is -3.19. The van der Waals surface area contributed by atoms with Crippen molar-refractivity contribution in [3.63, 3.8) is 0 Å². The van der Waals surface area contributed by atoms with E-state index in [2.05, 4.69) is 10.3 Å². The second kappa shape index (κ2) is 3.61. The molecule has 1 aromatic heterocycles. The van der Waals surface area contributed by atoms with Gasteiger partial charge in [-0.05, 0) is 6.92 Å². The molecule has 0 radical (unpaired) electrons. The number of fused-ring (bicyclic) bond motifs is 1. The first-order valence-corrected chi connectivity index (χ1v) is 6.77. The summed E-state index contributed by atoms with van der Waals surface area (Å²) < 4.78 is 25.4. The predicted molar refractivity (Wildman–Crippen MR) is 56.2 cm³/mol. The summed E-state index contributed by atoms with van der Waals surface area (Å²) in [6.07, 6.45) is 0. The van der Waals surface area contributed by atoms with Gasteiger partial charge in [0.2, 0.25) is 15.0 Å². The van der Waals surface area contributed by atoms with Crippen LogP contribution in [0.25, 0.3) is 0 Å². The van der Waals surface area contributed by atoms with Crippen LogP contribution in [0, 0.1) is 0 Å². The van der Waals surface area contributed by atoms with Gasteiger partial charge in [-0.15, -0.1) is 0 Å². The Morgan fingerprint density at radius 2 is 2.13 bits per heavy atom. The second-order valence-corrected chi connectivity index (χ2v) is 5.71. The first kappa shape index (κ1) is 10.6. The Morgan fingerprint density at radius 1 is 1.40 bits per heavy atom. The van der Waals surface area contributed by atoms with Gasteiger partial charge in [-0.25, -0.2) is 13.4 Å². The Morgan fingerprint density at radius 3 is 2.73 bits per heavy atom. The van der Waals surface area contributed by atoms with Gasteiger partial charge in [0.1, 0.15) is 0 Å². The Bertz CT molecular complexity index is 476. The molecule has 1 aliphatic heterocycles. The van der Waals surface area contributed by atoms with E-state index in [0.29, 0.717) is 13.1 Å². The topological polar surface area (TPSA) is 64.0 Å². The van der Waals surface area contributed by atoms with E-state index in [9.17, 15) is 8.42 Å². The largest absolute Gasteiger partial charge is 0.318 e. The molecule has 2 heterocycles. The number of nitrogens with zero attached hydrogens (tertiary/aromatic N) is 2. The summed E-state index contributed by atoms with van der Waals surface area (Å²) in [7, 11) is -3.19. The standard InChI is InChI=1S/C9H15N3O2S/c1-3-12-8-6-10-5-7(8)11-9(12)15(13,14)4-2/h10H,3-6H2,1-2H3. The Labute approximate surface area is 89.4 Å². The van der Waals surface area contributed by atoms with Crippen molar-refractivity contribution in [2.45, 2.75) is 38.6 Å². The maximum Gasteiger partial charge on any atom is 0.228 e. The zero-order chi connectivity index (χ0) is 11.1. The third-order valence-electron chi connectivity index (χ3n) is 2.68. The summed E-state index contributed by atoms with van der Waals surface area (Å²) >= 11 is 0. The van der Waals surface area contributed by atoms with Crippen molar-refractivity contribution in [2.24, 2.45) is 0 Å². The molecule has 0 saturated heterocycles. The van der Waals surface area contributed by atoms with Crippen LogP contribution in [0.3, 0.4) is 0 Å². The molecule has 0 aromatic carbocycles. The first-order valence-electron chi connectivity index (χ1n) is 5.12. The van der Waals surface area contributed by atoms with Crippen LogP contribution in [0.4, 0.5) is 0 Å². The SMILES string of the molecule is CCn1c(S(=O)(=O)CC)nc2c1CNC2. The van der Waals surface area contributed by atoms with Crippen LogP contribution in [0.15, 0.2) is 5.16 Å². The first-order chi connectivity index (χ1) is 7.10. The fraction of sp³-hybridized carbons (Fsp3) is 0.667. The van der Waals surface area contributed by atoms with Gasteiger partial charge in [0.15, 0.2) is 0 Å². The van der Waals surface area contributed by atoms with Crippen molar-refractivity contribution in [3.8, 4) is 0 Å². The summed E-state index contributed by atoms with van der Waals surface area (Å²) in [5.41, 5.74) is 1.90. The summed E-state index contributed by atoms with van der Waals surface area (Å²) in [4.78, 5) is 4.22. The molecule has 5 nitrogen and oxygen atoms in total. The molecule has 0 bridgehead atoms. The Balaban J connectivity index is 2.59. The van der Waals surface area contributed by atoms with E-state index < -0.39 is 9.84 Å². The highest BCUT2D eigenvalue weighted by Gasteiger charge is 2.26. The van der Waals surface area contributed by atoms with Crippen molar-refractivity contribution < 1.29 is 8.42 Å². The number of rotatable bonds is 3. The van der Waals surface area contributed by atoms with Gasteiger partial charge in [-0.1, -0.05) is 6.92 Å². The average Bonchev–Trinajstić information content (AvgIpc) is 2.76. The molecule has 15 heavy (non-hydrogen) atoms. The minimum absolute atomic E-state index is 0.107. The highest BCUT2D eigenvalue weighted by Crippen LogP contribution is 2.20. The molecule has 0 saturated carbocycles. The molecule has 0 fully saturated rings. The molecule has 1 aromatic rings. The van der Waals surface area contributed by atoms with E-state index >= 15 is 0 Å². The monoisotopic (exact) mass is 229 g/mol. The van der Waals surface area contributed by atoms with Crippen LogP contribution in [0.5, 0.6) is 0 Å². The van der Waals surface area contributed by atoms with E-state index in [4.69, 9.17) is 0 Å². The normalized spacial score (nSPS) is 15.6.